The van der Waals surface area contributed by atoms with Crippen LogP contribution in [0.15, 0.2) is 36.5 Å². The molecule has 0 radical (unpaired) electrons. The Balaban J connectivity index is 1.66. The molecule has 3 rings (SSSR count). The van der Waals surface area contributed by atoms with E-state index >= 15 is 0 Å². The number of nitro groups is 1. The molecule has 1 fully saturated rings. The van der Waals surface area contributed by atoms with Crippen molar-refractivity contribution >= 4 is 11.6 Å². The van der Waals surface area contributed by atoms with Gasteiger partial charge in [0, 0.05) is 25.4 Å². The van der Waals surface area contributed by atoms with Crippen molar-refractivity contribution in [3.63, 3.8) is 0 Å². The molecule has 0 spiro atoms. The van der Waals surface area contributed by atoms with Gasteiger partial charge in [0.25, 0.3) is 5.91 Å². The van der Waals surface area contributed by atoms with Gasteiger partial charge in [-0.05, 0) is 25.0 Å². The molecule has 8 heteroatoms. The van der Waals surface area contributed by atoms with Gasteiger partial charge in [0.05, 0.1) is 4.92 Å². The molecular formula is C15H16N4O4. The maximum absolute atomic E-state index is 12.2. The summed E-state index contributed by atoms with van der Waals surface area (Å²) in [5.41, 5.74) is 0.256. The Bertz CT molecular complexity index is 722. The Morgan fingerprint density at radius 3 is 2.74 bits per heavy atom. The summed E-state index contributed by atoms with van der Waals surface area (Å²) in [6.45, 7) is 1.52. The third kappa shape index (κ3) is 3.31. The first kappa shape index (κ1) is 15.0. The number of nitrogens with zero attached hydrogens (tertiary/aromatic N) is 4. The second-order valence-electron chi connectivity index (χ2n) is 5.24. The lowest BCUT2D eigenvalue weighted by molar-refractivity contribution is -0.386. The first-order valence-electron chi connectivity index (χ1n) is 7.34. The van der Waals surface area contributed by atoms with E-state index in [0.717, 1.165) is 25.9 Å². The van der Waals surface area contributed by atoms with E-state index in [1.54, 1.807) is 29.3 Å². The SMILES string of the molecule is O=C(c1ccn(COc2ccccc2[N+](=O)[O-])n1)N1CCCC1. The summed E-state index contributed by atoms with van der Waals surface area (Å²) in [6, 6.07) is 7.77. The second kappa shape index (κ2) is 6.47. The van der Waals surface area contributed by atoms with Crippen LogP contribution in [0.2, 0.25) is 0 Å². The van der Waals surface area contributed by atoms with E-state index < -0.39 is 4.92 Å². The van der Waals surface area contributed by atoms with Gasteiger partial charge in [0.15, 0.2) is 18.2 Å². The van der Waals surface area contributed by atoms with E-state index in [1.165, 1.54) is 16.8 Å². The van der Waals surface area contributed by atoms with E-state index in [0.29, 0.717) is 5.69 Å². The van der Waals surface area contributed by atoms with Gasteiger partial charge in [-0.3, -0.25) is 14.9 Å². The summed E-state index contributed by atoms with van der Waals surface area (Å²) < 4.78 is 6.88. The van der Waals surface area contributed by atoms with Gasteiger partial charge in [-0.1, -0.05) is 12.1 Å². The highest BCUT2D eigenvalue weighted by Crippen LogP contribution is 2.26. The number of rotatable bonds is 5. The topological polar surface area (TPSA) is 90.5 Å². The lowest BCUT2D eigenvalue weighted by Gasteiger charge is -2.12. The van der Waals surface area contributed by atoms with Crippen LogP contribution in [0.4, 0.5) is 5.69 Å². The predicted octanol–water partition coefficient (Wildman–Crippen LogP) is 2.06. The summed E-state index contributed by atoms with van der Waals surface area (Å²) >= 11 is 0. The van der Waals surface area contributed by atoms with Gasteiger partial charge in [-0.15, -0.1) is 0 Å². The van der Waals surface area contributed by atoms with Crippen molar-refractivity contribution in [3.8, 4) is 5.75 Å². The van der Waals surface area contributed by atoms with E-state index in [2.05, 4.69) is 5.10 Å². The third-order valence-electron chi connectivity index (χ3n) is 3.67. The number of amides is 1. The third-order valence-corrected chi connectivity index (χ3v) is 3.67. The van der Waals surface area contributed by atoms with Crippen molar-refractivity contribution in [2.24, 2.45) is 0 Å². The van der Waals surface area contributed by atoms with Crippen LogP contribution in [0.25, 0.3) is 0 Å². The minimum Gasteiger partial charge on any atom is -0.464 e. The molecule has 120 valence electrons. The van der Waals surface area contributed by atoms with Crippen molar-refractivity contribution in [2.45, 2.75) is 19.6 Å². The number of hydrogen-bond donors (Lipinski definition) is 0. The molecule has 0 unspecified atom stereocenters. The minimum atomic E-state index is -0.499. The standard InChI is InChI=1S/C15H16N4O4/c20-15(17-8-3-4-9-17)12-7-10-18(16-12)11-23-14-6-2-1-5-13(14)19(21)22/h1-2,5-7,10H,3-4,8-9,11H2. The average Bonchev–Trinajstić information content (AvgIpc) is 3.24. The monoisotopic (exact) mass is 316 g/mol. The summed E-state index contributed by atoms with van der Waals surface area (Å²) in [6.07, 6.45) is 3.67. The molecule has 1 saturated heterocycles. The Morgan fingerprint density at radius 2 is 2.00 bits per heavy atom. The molecule has 0 N–H and O–H groups in total. The number of likely N-dealkylation sites (tertiary alicyclic amines) is 1. The zero-order chi connectivity index (χ0) is 16.2. The van der Waals surface area contributed by atoms with Crippen LogP contribution in [-0.2, 0) is 6.73 Å². The molecule has 1 amide bonds. The van der Waals surface area contributed by atoms with Gasteiger partial charge in [0.2, 0.25) is 0 Å². The zero-order valence-corrected chi connectivity index (χ0v) is 12.4. The molecular weight excluding hydrogens is 300 g/mol. The first-order valence-corrected chi connectivity index (χ1v) is 7.34. The van der Waals surface area contributed by atoms with Gasteiger partial charge in [-0.2, -0.15) is 5.10 Å². The normalized spacial score (nSPS) is 14.0. The molecule has 2 heterocycles. The highest BCUT2D eigenvalue weighted by atomic mass is 16.6. The van der Waals surface area contributed by atoms with E-state index in [-0.39, 0.29) is 24.1 Å². The Kier molecular flexibility index (Phi) is 4.22. The van der Waals surface area contributed by atoms with Crippen LogP contribution in [0.3, 0.4) is 0 Å². The predicted molar refractivity (Wildman–Crippen MR) is 81.1 cm³/mol. The van der Waals surface area contributed by atoms with Crippen molar-refractivity contribution in [1.29, 1.82) is 0 Å². The van der Waals surface area contributed by atoms with Crippen molar-refractivity contribution in [1.82, 2.24) is 14.7 Å². The fourth-order valence-corrected chi connectivity index (χ4v) is 2.50. The lowest BCUT2D eigenvalue weighted by atomic mass is 10.3. The maximum atomic E-state index is 12.2. The summed E-state index contributed by atoms with van der Waals surface area (Å²) in [4.78, 5) is 24.4. The van der Waals surface area contributed by atoms with E-state index in [1.807, 2.05) is 0 Å². The van der Waals surface area contributed by atoms with E-state index in [9.17, 15) is 14.9 Å². The molecule has 0 atom stereocenters. The maximum Gasteiger partial charge on any atom is 0.311 e. The number of carbonyl (C=O) groups excluding carboxylic acids is 1. The number of carbonyl (C=O) groups is 1. The summed E-state index contributed by atoms with van der Waals surface area (Å²) in [7, 11) is 0. The summed E-state index contributed by atoms with van der Waals surface area (Å²) in [5.74, 6) is 0.0763. The number of aromatic nitrogens is 2. The van der Waals surface area contributed by atoms with Crippen LogP contribution in [0.5, 0.6) is 5.75 Å². The fraction of sp³-hybridized carbons (Fsp3) is 0.333. The Morgan fingerprint density at radius 1 is 1.26 bits per heavy atom. The van der Waals surface area contributed by atoms with Gasteiger partial charge >= 0.3 is 5.69 Å². The highest BCUT2D eigenvalue weighted by Gasteiger charge is 2.21. The fourth-order valence-electron chi connectivity index (χ4n) is 2.50. The summed E-state index contributed by atoms with van der Waals surface area (Å²) in [5, 5.41) is 15.1. The largest absolute Gasteiger partial charge is 0.464 e. The van der Waals surface area contributed by atoms with Crippen molar-refractivity contribution in [2.75, 3.05) is 13.1 Å². The van der Waals surface area contributed by atoms with Crippen LogP contribution in [0.1, 0.15) is 23.3 Å². The number of nitro benzene ring substituents is 1. The smallest absolute Gasteiger partial charge is 0.311 e. The van der Waals surface area contributed by atoms with Gasteiger partial charge in [0.1, 0.15) is 0 Å². The van der Waals surface area contributed by atoms with Gasteiger partial charge < -0.3 is 9.64 Å². The average molecular weight is 316 g/mol. The molecule has 1 aliphatic rings. The molecule has 1 aromatic carbocycles. The molecule has 1 aromatic heterocycles. The minimum absolute atomic E-state index is 0.00185. The molecule has 0 aliphatic carbocycles. The van der Waals surface area contributed by atoms with Gasteiger partial charge in [-0.25, -0.2) is 4.68 Å². The van der Waals surface area contributed by atoms with Crippen LogP contribution < -0.4 is 4.74 Å². The molecule has 1 aliphatic heterocycles. The van der Waals surface area contributed by atoms with Crippen molar-refractivity contribution < 1.29 is 14.5 Å². The molecule has 2 aromatic rings. The first-order chi connectivity index (χ1) is 11.1. The van der Waals surface area contributed by atoms with Crippen LogP contribution in [0, 0.1) is 10.1 Å². The number of benzene rings is 1. The second-order valence-corrected chi connectivity index (χ2v) is 5.24. The molecule has 0 saturated carbocycles. The number of ether oxygens (including phenoxy) is 1. The molecule has 0 bridgehead atoms. The molecule has 8 nitrogen and oxygen atoms in total. The van der Waals surface area contributed by atoms with Crippen LogP contribution in [-0.4, -0.2) is 38.6 Å². The Labute approximate surface area is 132 Å². The van der Waals surface area contributed by atoms with Crippen molar-refractivity contribution in [3.05, 3.63) is 52.3 Å². The van der Waals surface area contributed by atoms with E-state index in [4.69, 9.17) is 4.74 Å². The molecule has 23 heavy (non-hydrogen) atoms. The lowest BCUT2D eigenvalue weighted by Crippen LogP contribution is -2.28. The number of para-hydroxylation sites is 2. The zero-order valence-electron chi connectivity index (χ0n) is 12.4. The van der Waals surface area contributed by atoms with Crippen LogP contribution >= 0.6 is 0 Å². The highest BCUT2D eigenvalue weighted by molar-refractivity contribution is 5.92. The Hall–Kier alpha value is -2.90. The quantitative estimate of drug-likeness (QED) is 0.622. The number of hydrogen-bond acceptors (Lipinski definition) is 5.